The fraction of sp³-hybridized carbons (Fsp3) is 0.333. The predicted octanol–water partition coefficient (Wildman–Crippen LogP) is 2.09. The monoisotopic (exact) mass is 270 g/mol. The lowest BCUT2D eigenvalue weighted by Gasteiger charge is -2.06. The van der Waals surface area contributed by atoms with Crippen LogP contribution in [0.25, 0.3) is 0 Å². The van der Waals surface area contributed by atoms with E-state index in [9.17, 15) is 14.0 Å². The van der Waals surface area contributed by atoms with Gasteiger partial charge in [-0.1, -0.05) is 11.6 Å². The van der Waals surface area contributed by atoms with E-state index in [1.54, 1.807) is 0 Å². The Bertz CT molecular complexity index is 489. The number of anilines is 1. The molecule has 0 radical (unpaired) electrons. The van der Waals surface area contributed by atoms with Gasteiger partial charge in [0, 0.05) is 11.7 Å². The number of halogens is 2. The quantitative estimate of drug-likeness (QED) is 0.823. The van der Waals surface area contributed by atoms with Gasteiger partial charge in [-0.2, -0.15) is 0 Å². The molecule has 6 heteroatoms. The Kier molecular flexibility index (Phi) is 3.81. The van der Waals surface area contributed by atoms with E-state index in [1.165, 1.54) is 12.1 Å². The first kappa shape index (κ1) is 12.8. The molecule has 1 fully saturated rings. The zero-order chi connectivity index (χ0) is 13.1. The van der Waals surface area contributed by atoms with Crippen molar-refractivity contribution in [3.05, 3.63) is 29.0 Å². The van der Waals surface area contributed by atoms with E-state index in [4.69, 9.17) is 11.6 Å². The van der Waals surface area contributed by atoms with E-state index in [-0.39, 0.29) is 23.4 Å². The topological polar surface area (TPSA) is 58.2 Å². The second-order valence-corrected chi connectivity index (χ2v) is 4.60. The van der Waals surface area contributed by atoms with Gasteiger partial charge in [0.05, 0.1) is 5.02 Å². The van der Waals surface area contributed by atoms with Crippen molar-refractivity contribution in [1.82, 2.24) is 5.32 Å². The van der Waals surface area contributed by atoms with Gasteiger partial charge in [0.1, 0.15) is 12.2 Å². The number of hydrogen-bond donors (Lipinski definition) is 2. The van der Waals surface area contributed by atoms with Crippen LogP contribution in [0.3, 0.4) is 0 Å². The first-order valence-electron chi connectivity index (χ1n) is 5.59. The summed E-state index contributed by atoms with van der Waals surface area (Å²) in [5.41, 5.74) is 0.366. The molecule has 1 aromatic carbocycles. The molecule has 1 saturated carbocycles. The summed E-state index contributed by atoms with van der Waals surface area (Å²) in [7, 11) is 0. The Balaban J connectivity index is 1.85. The Hall–Kier alpha value is -1.62. The number of benzene rings is 1. The van der Waals surface area contributed by atoms with Crippen LogP contribution < -0.4 is 10.6 Å². The third-order valence-corrected chi connectivity index (χ3v) is 2.76. The van der Waals surface area contributed by atoms with Crippen LogP contribution in [0.5, 0.6) is 0 Å². The Morgan fingerprint density at radius 3 is 2.67 bits per heavy atom. The van der Waals surface area contributed by atoms with Gasteiger partial charge in [0.25, 0.3) is 0 Å². The van der Waals surface area contributed by atoms with E-state index in [1.807, 2.05) is 0 Å². The molecule has 2 rings (SSSR count). The number of carbonyl (C=O) groups is 2. The average Bonchev–Trinajstić information content (AvgIpc) is 3.07. The molecule has 18 heavy (non-hydrogen) atoms. The minimum atomic E-state index is -0.554. The third-order valence-electron chi connectivity index (χ3n) is 2.47. The van der Waals surface area contributed by atoms with Crippen molar-refractivity contribution in [2.45, 2.75) is 25.3 Å². The molecular weight excluding hydrogens is 259 g/mol. The average molecular weight is 271 g/mol. The molecule has 1 aliphatic carbocycles. The second-order valence-electron chi connectivity index (χ2n) is 4.20. The van der Waals surface area contributed by atoms with Crippen molar-refractivity contribution in [3.63, 3.8) is 0 Å². The number of hydrogen-bond acceptors (Lipinski definition) is 2. The minimum Gasteiger partial charge on any atom is -0.353 e. The fourth-order valence-electron chi connectivity index (χ4n) is 1.43. The summed E-state index contributed by atoms with van der Waals surface area (Å²) in [6.45, 7) is 0. The highest BCUT2D eigenvalue weighted by atomic mass is 35.5. The molecule has 2 N–H and O–H groups in total. The van der Waals surface area contributed by atoms with Gasteiger partial charge in [-0.3, -0.25) is 9.59 Å². The molecule has 0 aliphatic heterocycles. The van der Waals surface area contributed by atoms with Gasteiger partial charge in [-0.15, -0.1) is 0 Å². The van der Waals surface area contributed by atoms with Crippen LogP contribution >= 0.6 is 11.6 Å². The highest BCUT2D eigenvalue weighted by molar-refractivity contribution is 6.31. The summed E-state index contributed by atoms with van der Waals surface area (Å²) in [4.78, 5) is 22.9. The normalized spacial score (nSPS) is 14.1. The van der Waals surface area contributed by atoms with Gasteiger partial charge in [0.15, 0.2) is 0 Å². The zero-order valence-corrected chi connectivity index (χ0v) is 10.3. The molecular formula is C12H12ClFN2O2. The summed E-state index contributed by atoms with van der Waals surface area (Å²) >= 11 is 5.57. The highest BCUT2D eigenvalue weighted by Crippen LogP contribution is 2.20. The molecule has 0 unspecified atom stereocenters. The minimum absolute atomic E-state index is 0.0739. The summed E-state index contributed by atoms with van der Waals surface area (Å²) in [5.74, 6) is -1.31. The van der Waals surface area contributed by atoms with Crippen molar-refractivity contribution in [2.75, 3.05) is 5.32 Å². The van der Waals surface area contributed by atoms with E-state index in [0.717, 1.165) is 18.9 Å². The predicted molar refractivity (Wildman–Crippen MR) is 65.8 cm³/mol. The maximum Gasteiger partial charge on any atom is 0.233 e. The molecule has 96 valence electrons. The van der Waals surface area contributed by atoms with Crippen LogP contribution in [0, 0.1) is 5.82 Å². The van der Waals surface area contributed by atoms with E-state index in [2.05, 4.69) is 10.6 Å². The lowest BCUT2D eigenvalue weighted by Crippen LogP contribution is -2.29. The van der Waals surface area contributed by atoms with Crippen LogP contribution in [-0.2, 0) is 9.59 Å². The third kappa shape index (κ3) is 3.70. The van der Waals surface area contributed by atoms with Gasteiger partial charge in [-0.05, 0) is 31.0 Å². The van der Waals surface area contributed by atoms with Crippen LogP contribution in [0.2, 0.25) is 5.02 Å². The Morgan fingerprint density at radius 2 is 2.06 bits per heavy atom. The van der Waals surface area contributed by atoms with Crippen molar-refractivity contribution in [1.29, 1.82) is 0 Å². The van der Waals surface area contributed by atoms with Crippen molar-refractivity contribution < 1.29 is 14.0 Å². The summed E-state index contributed by atoms with van der Waals surface area (Å²) in [5, 5.41) is 5.11. The van der Waals surface area contributed by atoms with Gasteiger partial charge >= 0.3 is 0 Å². The largest absolute Gasteiger partial charge is 0.353 e. The van der Waals surface area contributed by atoms with E-state index < -0.39 is 11.7 Å². The maximum atomic E-state index is 12.9. The molecule has 1 aliphatic rings. The summed E-state index contributed by atoms with van der Waals surface area (Å²) < 4.78 is 12.9. The molecule has 1 aromatic rings. The van der Waals surface area contributed by atoms with Crippen molar-refractivity contribution in [2.24, 2.45) is 0 Å². The van der Waals surface area contributed by atoms with Crippen LogP contribution in [0.4, 0.5) is 10.1 Å². The van der Waals surface area contributed by atoms with Gasteiger partial charge < -0.3 is 10.6 Å². The van der Waals surface area contributed by atoms with Crippen LogP contribution in [-0.4, -0.2) is 17.9 Å². The smallest absolute Gasteiger partial charge is 0.233 e. The lowest BCUT2D eigenvalue weighted by atomic mass is 10.3. The lowest BCUT2D eigenvalue weighted by molar-refractivity contribution is -0.126. The second kappa shape index (κ2) is 5.35. The standard InChI is InChI=1S/C12H12ClFN2O2/c13-9-5-8(3-4-10(9)14)16-12(18)6-11(17)15-7-1-2-7/h3-5,7H,1-2,6H2,(H,15,17)(H,16,18). The summed E-state index contributed by atoms with van der Waals surface area (Å²) in [6.07, 6.45) is 1.70. The Labute approximate surface area is 109 Å². The van der Waals surface area contributed by atoms with E-state index in [0.29, 0.717) is 5.69 Å². The molecule has 4 nitrogen and oxygen atoms in total. The number of nitrogens with one attached hydrogen (secondary N) is 2. The van der Waals surface area contributed by atoms with Crippen LogP contribution in [0.1, 0.15) is 19.3 Å². The number of carbonyl (C=O) groups excluding carboxylic acids is 2. The van der Waals surface area contributed by atoms with Crippen molar-refractivity contribution in [3.8, 4) is 0 Å². The molecule has 0 saturated heterocycles. The fourth-order valence-corrected chi connectivity index (χ4v) is 1.61. The first-order chi connectivity index (χ1) is 8.54. The zero-order valence-electron chi connectivity index (χ0n) is 9.50. The SMILES string of the molecule is O=C(CC(=O)NC1CC1)Nc1ccc(F)c(Cl)c1. The number of amides is 2. The first-order valence-corrected chi connectivity index (χ1v) is 5.96. The molecule has 2 amide bonds. The summed E-state index contributed by atoms with van der Waals surface area (Å²) in [6, 6.07) is 4.07. The van der Waals surface area contributed by atoms with Gasteiger partial charge in [-0.25, -0.2) is 4.39 Å². The highest BCUT2D eigenvalue weighted by Gasteiger charge is 2.24. The maximum absolute atomic E-state index is 12.9. The number of rotatable bonds is 4. The molecule has 0 aromatic heterocycles. The van der Waals surface area contributed by atoms with E-state index >= 15 is 0 Å². The molecule has 0 bridgehead atoms. The molecule has 0 spiro atoms. The van der Waals surface area contributed by atoms with Crippen LogP contribution in [0.15, 0.2) is 18.2 Å². The molecule has 0 atom stereocenters. The molecule has 0 heterocycles. The van der Waals surface area contributed by atoms with Crippen molar-refractivity contribution >= 4 is 29.1 Å². The Morgan fingerprint density at radius 1 is 1.33 bits per heavy atom. The van der Waals surface area contributed by atoms with Gasteiger partial charge in [0.2, 0.25) is 11.8 Å².